The Labute approximate surface area is 117 Å². The average molecular weight is 270 g/mol. The standard InChI is InChI=1S/C15H30N2O2/c1-16-12-8-6-4-5-7-9-13(12)17-10-14(18-2)15(11-17)19-3/h12-16H,4-11H2,1-3H3. The van der Waals surface area contributed by atoms with Gasteiger partial charge >= 0.3 is 0 Å². The molecule has 4 atom stereocenters. The zero-order valence-corrected chi connectivity index (χ0v) is 12.7. The normalized spacial score (nSPS) is 38.1. The molecule has 112 valence electrons. The van der Waals surface area contributed by atoms with Gasteiger partial charge in [0.1, 0.15) is 0 Å². The van der Waals surface area contributed by atoms with Crippen LogP contribution in [0.1, 0.15) is 38.5 Å². The van der Waals surface area contributed by atoms with E-state index < -0.39 is 0 Å². The molecule has 1 saturated heterocycles. The molecular weight excluding hydrogens is 240 g/mol. The molecule has 2 aliphatic rings. The Hall–Kier alpha value is -0.160. The molecule has 0 spiro atoms. The van der Waals surface area contributed by atoms with E-state index in [0.717, 1.165) is 13.1 Å². The Morgan fingerprint density at radius 2 is 1.47 bits per heavy atom. The van der Waals surface area contributed by atoms with Crippen molar-refractivity contribution in [3.05, 3.63) is 0 Å². The Morgan fingerprint density at radius 1 is 0.895 bits per heavy atom. The van der Waals surface area contributed by atoms with Crippen molar-refractivity contribution >= 4 is 0 Å². The third-order valence-corrected chi connectivity index (χ3v) is 4.92. The maximum atomic E-state index is 5.57. The van der Waals surface area contributed by atoms with Crippen LogP contribution in [0.3, 0.4) is 0 Å². The van der Waals surface area contributed by atoms with E-state index in [2.05, 4.69) is 17.3 Å². The molecule has 1 aliphatic heterocycles. The molecule has 4 unspecified atom stereocenters. The summed E-state index contributed by atoms with van der Waals surface area (Å²) in [7, 11) is 5.71. The van der Waals surface area contributed by atoms with Gasteiger partial charge in [0.2, 0.25) is 0 Å². The molecule has 0 aromatic carbocycles. The lowest BCUT2D eigenvalue weighted by Gasteiger charge is -2.36. The van der Waals surface area contributed by atoms with Crippen molar-refractivity contribution in [2.75, 3.05) is 34.4 Å². The topological polar surface area (TPSA) is 33.7 Å². The molecule has 1 heterocycles. The minimum atomic E-state index is 0.230. The van der Waals surface area contributed by atoms with E-state index in [9.17, 15) is 0 Å². The van der Waals surface area contributed by atoms with Gasteiger partial charge in [0.05, 0.1) is 12.2 Å². The quantitative estimate of drug-likeness (QED) is 0.842. The van der Waals surface area contributed by atoms with Crippen LogP contribution in [-0.2, 0) is 9.47 Å². The number of rotatable bonds is 4. The lowest BCUT2D eigenvalue weighted by atomic mass is 9.91. The molecule has 0 aromatic heterocycles. The van der Waals surface area contributed by atoms with Gasteiger partial charge in [0, 0.05) is 39.4 Å². The van der Waals surface area contributed by atoms with Crippen LogP contribution in [0.25, 0.3) is 0 Å². The smallest absolute Gasteiger partial charge is 0.0971 e. The molecule has 1 N–H and O–H groups in total. The van der Waals surface area contributed by atoms with Crippen LogP contribution in [0, 0.1) is 0 Å². The lowest BCUT2D eigenvalue weighted by molar-refractivity contribution is -0.00461. The van der Waals surface area contributed by atoms with Crippen molar-refractivity contribution in [1.29, 1.82) is 0 Å². The van der Waals surface area contributed by atoms with Crippen molar-refractivity contribution in [1.82, 2.24) is 10.2 Å². The summed E-state index contributed by atoms with van der Waals surface area (Å²) in [6.45, 7) is 2.02. The summed E-state index contributed by atoms with van der Waals surface area (Å²) in [6.07, 6.45) is 8.56. The van der Waals surface area contributed by atoms with Crippen molar-refractivity contribution < 1.29 is 9.47 Å². The summed E-state index contributed by atoms with van der Waals surface area (Å²) in [4.78, 5) is 2.59. The first-order valence-electron chi connectivity index (χ1n) is 7.77. The second kappa shape index (κ2) is 7.58. The van der Waals surface area contributed by atoms with Crippen molar-refractivity contribution in [3.8, 4) is 0 Å². The first-order valence-corrected chi connectivity index (χ1v) is 7.77. The number of likely N-dealkylation sites (tertiary alicyclic amines) is 1. The average Bonchev–Trinajstić information content (AvgIpc) is 2.81. The summed E-state index contributed by atoms with van der Waals surface area (Å²) in [6, 6.07) is 1.26. The highest BCUT2D eigenvalue weighted by atomic mass is 16.5. The Kier molecular flexibility index (Phi) is 6.07. The van der Waals surface area contributed by atoms with E-state index in [-0.39, 0.29) is 12.2 Å². The fourth-order valence-electron chi connectivity index (χ4n) is 3.73. The molecular formula is C15H30N2O2. The highest BCUT2D eigenvalue weighted by molar-refractivity contribution is 4.94. The summed E-state index contributed by atoms with van der Waals surface area (Å²) in [5.41, 5.74) is 0. The van der Waals surface area contributed by atoms with Gasteiger partial charge in [0.25, 0.3) is 0 Å². The fraction of sp³-hybridized carbons (Fsp3) is 1.00. The van der Waals surface area contributed by atoms with E-state index >= 15 is 0 Å². The summed E-state index contributed by atoms with van der Waals surface area (Å²) >= 11 is 0. The van der Waals surface area contributed by atoms with Crippen molar-refractivity contribution in [2.45, 2.75) is 62.8 Å². The van der Waals surface area contributed by atoms with Crippen LogP contribution in [0.15, 0.2) is 0 Å². The molecule has 4 heteroatoms. The van der Waals surface area contributed by atoms with Crippen LogP contribution in [0.2, 0.25) is 0 Å². The number of methoxy groups -OCH3 is 2. The van der Waals surface area contributed by atoms with Crippen LogP contribution >= 0.6 is 0 Å². The third kappa shape index (κ3) is 3.69. The Balaban J connectivity index is 2.00. The maximum Gasteiger partial charge on any atom is 0.0971 e. The van der Waals surface area contributed by atoms with Crippen LogP contribution in [0.5, 0.6) is 0 Å². The number of hydrogen-bond acceptors (Lipinski definition) is 4. The van der Waals surface area contributed by atoms with Gasteiger partial charge in [-0.05, 0) is 19.9 Å². The predicted molar refractivity (Wildman–Crippen MR) is 77.5 cm³/mol. The zero-order chi connectivity index (χ0) is 13.7. The summed E-state index contributed by atoms with van der Waals surface area (Å²) in [5.74, 6) is 0. The van der Waals surface area contributed by atoms with Gasteiger partial charge in [-0.25, -0.2) is 0 Å². The molecule has 0 aromatic rings. The molecule has 2 rings (SSSR count). The molecule has 1 saturated carbocycles. The van der Waals surface area contributed by atoms with E-state index in [1.165, 1.54) is 38.5 Å². The zero-order valence-electron chi connectivity index (χ0n) is 12.7. The molecule has 1 aliphatic carbocycles. The molecule has 0 radical (unpaired) electrons. The van der Waals surface area contributed by atoms with Crippen LogP contribution < -0.4 is 5.32 Å². The molecule has 2 fully saturated rings. The molecule has 0 bridgehead atoms. The highest BCUT2D eigenvalue weighted by Gasteiger charge is 2.38. The van der Waals surface area contributed by atoms with Gasteiger partial charge in [-0.2, -0.15) is 0 Å². The van der Waals surface area contributed by atoms with E-state index in [1.54, 1.807) is 14.2 Å². The van der Waals surface area contributed by atoms with Crippen molar-refractivity contribution in [3.63, 3.8) is 0 Å². The Bertz CT molecular complexity index is 251. The van der Waals surface area contributed by atoms with E-state index in [4.69, 9.17) is 9.47 Å². The van der Waals surface area contributed by atoms with E-state index in [0.29, 0.717) is 12.1 Å². The second-order valence-electron chi connectivity index (χ2n) is 5.96. The number of nitrogens with one attached hydrogen (secondary N) is 1. The highest BCUT2D eigenvalue weighted by Crippen LogP contribution is 2.26. The van der Waals surface area contributed by atoms with Crippen molar-refractivity contribution in [2.24, 2.45) is 0 Å². The number of likely N-dealkylation sites (N-methyl/N-ethyl adjacent to an activating group) is 1. The summed E-state index contributed by atoms with van der Waals surface area (Å²) < 4.78 is 11.1. The van der Waals surface area contributed by atoms with E-state index in [1.807, 2.05) is 0 Å². The molecule has 4 nitrogen and oxygen atoms in total. The minimum Gasteiger partial charge on any atom is -0.377 e. The first-order chi connectivity index (χ1) is 9.30. The second-order valence-corrected chi connectivity index (χ2v) is 5.96. The van der Waals surface area contributed by atoms with Crippen LogP contribution in [-0.4, -0.2) is 63.5 Å². The largest absolute Gasteiger partial charge is 0.377 e. The van der Waals surface area contributed by atoms with Gasteiger partial charge < -0.3 is 14.8 Å². The third-order valence-electron chi connectivity index (χ3n) is 4.92. The Morgan fingerprint density at radius 3 is 2.00 bits per heavy atom. The maximum absolute atomic E-state index is 5.57. The SMILES string of the molecule is CNC1CCCCCCC1N1CC(OC)C(OC)C1. The van der Waals surface area contributed by atoms with Gasteiger partial charge in [-0.3, -0.25) is 4.90 Å². The van der Waals surface area contributed by atoms with Crippen LogP contribution in [0.4, 0.5) is 0 Å². The summed E-state index contributed by atoms with van der Waals surface area (Å²) in [5, 5.41) is 3.54. The number of hydrogen-bond donors (Lipinski definition) is 1. The lowest BCUT2D eigenvalue weighted by Crippen LogP contribution is -2.49. The molecule has 19 heavy (non-hydrogen) atoms. The first kappa shape index (κ1) is 15.2. The van der Waals surface area contributed by atoms with Gasteiger partial charge in [-0.1, -0.05) is 25.7 Å². The fourth-order valence-corrected chi connectivity index (χ4v) is 3.73. The van der Waals surface area contributed by atoms with Gasteiger partial charge in [-0.15, -0.1) is 0 Å². The minimum absolute atomic E-state index is 0.230. The molecule has 0 amide bonds. The predicted octanol–water partition coefficient (Wildman–Crippen LogP) is 1.64. The number of ether oxygens (including phenoxy) is 2. The number of nitrogens with zero attached hydrogens (tertiary/aromatic N) is 1. The van der Waals surface area contributed by atoms with Gasteiger partial charge in [0.15, 0.2) is 0 Å². The monoisotopic (exact) mass is 270 g/mol.